The highest BCUT2D eigenvalue weighted by Gasteiger charge is 2.35. The van der Waals surface area contributed by atoms with Gasteiger partial charge in [-0.3, -0.25) is 9.59 Å². The maximum absolute atomic E-state index is 11.8. The number of carbonyl (C=O) groups excluding carboxylic acids is 2. The van der Waals surface area contributed by atoms with Gasteiger partial charge in [0, 0.05) is 5.92 Å². The smallest absolute Gasteiger partial charge is 0.320 e. The molecule has 0 aliphatic carbocycles. The summed E-state index contributed by atoms with van der Waals surface area (Å²) in [5.41, 5.74) is 0. The van der Waals surface area contributed by atoms with E-state index in [1.165, 1.54) is 0 Å². The predicted molar refractivity (Wildman–Crippen MR) is 65.4 cm³/mol. The number of hydrogen-bond donors (Lipinski definition) is 0. The zero-order valence-electron chi connectivity index (χ0n) is 10.9. The van der Waals surface area contributed by atoms with Gasteiger partial charge in [0.15, 0.2) is 5.92 Å². The Morgan fingerprint density at radius 1 is 1.12 bits per heavy atom. The number of esters is 2. The lowest BCUT2D eigenvalue weighted by molar-refractivity contribution is -0.163. The van der Waals surface area contributed by atoms with Crippen molar-refractivity contribution >= 4 is 11.9 Å². The fourth-order valence-corrected chi connectivity index (χ4v) is 1.66. The Balaban J connectivity index is 4.86. The molecular weight excluding hydrogens is 220 g/mol. The molecule has 4 heteroatoms. The Hall–Kier alpha value is -1.32. The minimum atomic E-state index is -0.882. The van der Waals surface area contributed by atoms with Crippen LogP contribution in [0.1, 0.15) is 33.6 Å². The topological polar surface area (TPSA) is 52.6 Å². The van der Waals surface area contributed by atoms with Crippen molar-refractivity contribution in [2.24, 2.45) is 11.8 Å². The first-order valence-electron chi connectivity index (χ1n) is 6.08. The molecule has 1 atom stereocenters. The summed E-state index contributed by atoms with van der Waals surface area (Å²) in [6, 6.07) is 0. The van der Waals surface area contributed by atoms with Crippen molar-refractivity contribution < 1.29 is 19.1 Å². The third kappa shape index (κ3) is 5.02. The molecule has 0 aromatic heterocycles. The molecule has 0 aliphatic heterocycles. The molecule has 0 aliphatic rings. The molecule has 0 aromatic carbocycles. The van der Waals surface area contributed by atoms with Crippen LogP contribution in [0, 0.1) is 11.8 Å². The van der Waals surface area contributed by atoms with Crippen LogP contribution in [0.25, 0.3) is 0 Å². The Kier molecular flexibility index (Phi) is 8.11. The number of allylic oxidation sites excluding steroid dienone is 1. The minimum absolute atomic E-state index is 0.224. The van der Waals surface area contributed by atoms with Gasteiger partial charge in [0.05, 0.1) is 13.2 Å². The van der Waals surface area contributed by atoms with E-state index >= 15 is 0 Å². The maximum Gasteiger partial charge on any atom is 0.320 e. The van der Waals surface area contributed by atoms with E-state index in [1.54, 1.807) is 19.9 Å². The molecule has 0 heterocycles. The molecule has 0 fully saturated rings. The molecule has 0 bridgehead atoms. The highest BCUT2D eigenvalue weighted by Crippen LogP contribution is 2.22. The lowest BCUT2D eigenvalue weighted by atomic mass is 9.88. The molecule has 0 aromatic rings. The third-order valence-electron chi connectivity index (χ3n) is 2.43. The van der Waals surface area contributed by atoms with Gasteiger partial charge in [-0.25, -0.2) is 0 Å². The zero-order valence-corrected chi connectivity index (χ0v) is 10.9. The standard InChI is InChI=1S/C13H22O4/c1-5-9-10(6-2)11(12(14)16-7-3)13(15)17-8-4/h6,10-11H,2,5,7-9H2,1,3-4H3. The molecule has 1 unspecified atom stereocenters. The average molecular weight is 242 g/mol. The molecule has 0 spiro atoms. The van der Waals surface area contributed by atoms with Crippen molar-refractivity contribution in [2.45, 2.75) is 33.6 Å². The lowest BCUT2D eigenvalue weighted by Crippen LogP contribution is -2.33. The average Bonchev–Trinajstić information content (AvgIpc) is 2.29. The molecule has 0 amide bonds. The van der Waals surface area contributed by atoms with Crippen molar-refractivity contribution in [1.82, 2.24) is 0 Å². The van der Waals surface area contributed by atoms with Crippen LogP contribution in [0.3, 0.4) is 0 Å². The summed E-state index contributed by atoms with van der Waals surface area (Å²) in [6.07, 6.45) is 3.21. The Labute approximate surface area is 103 Å². The van der Waals surface area contributed by atoms with Crippen LogP contribution in [0.4, 0.5) is 0 Å². The van der Waals surface area contributed by atoms with E-state index in [0.717, 1.165) is 6.42 Å². The van der Waals surface area contributed by atoms with Crippen molar-refractivity contribution in [3.63, 3.8) is 0 Å². The van der Waals surface area contributed by atoms with Crippen LogP contribution in [0.15, 0.2) is 12.7 Å². The third-order valence-corrected chi connectivity index (χ3v) is 2.43. The zero-order chi connectivity index (χ0) is 13.3. The van der Waals surface area contributed by atoms with Gasteiger partial charge in [0.1, 0.15) is 0 Å². The second kappa shape index (κ2) is 8.79. The van der Waals surface area contributed by atoms with E-state index in [1.807, 2.05) is 6.92 Å². The Morgan fingerprint density at radius 2 is 1.59 bits per heavy atom. The van der Waals surface area contributed by atoms with Gasteiger partial charge in [0.2, 0.25) is 0 Å². The second-order valence-electron chi connectivity index (χ2n) is 3.67. The molecule has 0 N–H and O–H groups in total. The van der Waals surface area contributed by atoms with Crippen molar-refractivity contribution in [2.75, 3.05) is 13.2 Å². The number of rotatable bonds is 8. The quantitative estimate of drug-likeness (QED) is 0.372. The van der Waals surface area contributed by atoms with Gasteiger partial charge in [0.25, 0.3) is 0 Å². The van der Waals surface area contributed by atoms with Gasteiger partial charge >= 0.3 is 11.9 Å². The maximum atomic E-state index is 11.8. The predicted octanol–water partition coefficient (Wildman–Crippen LogP) is 2.33. The van der Waals surface area contributed by atoms with Crippen LogP contribution < -0.4 is 0 Å². The van der Waals surface area contributed by atoms with E-state index in [9.17, 15) is 9.59 Å². The van der Waals surface area contributed by atoms with Crippen molar-refractivity contribution in [3.8, 4) is 0 Å². The van der Waals surface area contributed by atoms with Gasteiger partial charge < -0.3 is 9.47 Å². The highest BCUT2D eigenvalue weighted by atomic mass is 16.6. The van der Waals surface area contributed by atoms with Crippen LogP contribution in [-0.4, -0.2) is 25.2 Å². The lowest BCUT2D eigenvalue weighted by Gasteiger charge is -2.20. The summed E-state index contributed by atoms with van der Waals surface area (Å²) < 4.78 is 9.83. The highest BCUT2D eigenvalue weighted by molar-refractivity contribution is 5.95. The van der Waals surface area contributed by atoms with Gasteiger partial charge in [-0.1, -0.05) is 19.4 Å². The van der Waals surface area contributed by atoms with Crippen LogP contribution >= 0.6 is 0 Å². The fraction of sp³-hybridized carbons (Fsp3) is 0.692. The Bertz CT molecular complexity index is 242. The summed E-state index contributed by atoms with van der Waals surface area (Å²) in [5.74, 6) is -2.15. The van der Waals surface area contributed by atoms with Gasteiger partial charge in [-0.05, 0) is 20.3 Å². The second-order valence-corrected chi connectivity index (χ2v) is 3.67. The monoisotopic (exact) mass is 242 g/mol. The Morgan fingerprint density at radius 3 is 1.88 bits per heavy atom. The minimum Gasteiger partial charge on any atom is -0.465 e. The van der Waals surface area contributed by atoms with Crippen LogP contribution in [0.5, 0.6) is 0 Å². The molecular formula is C13H22O4. The van der Waals surface area contributed by atoms with E-state index in [-0.39, 0.29) is 19.1 Å². The normalized spacial score (nSPS) is 12.0. The largest absolute Gasteiger partial charge is 0.465 e. The molecule has 17 heavy (non-hydrogen) atoms. The fourth-order valence-electron chi connectivity index (χ4n) is 1.66. The summed E-state index contributed by atoms with van der Waals surface area (Å²) in [7, 11) is 0. The number of carbonyl (C=O) groups is 2. The molecule has 0 saturated carbocycles. The molecule has 0 rings (SSSR count). The summed E-state index contributed by atoms with van der Waals surface area (Å²) in [6.45, 7) is 9.59. The first-order valence-corrected chi connectivity index (χ1v) is 6.08. The number of ether oxygens (including phenoxy) is 2. The van der Waals surface area contributed by atoms with E-state index in [0.29, 0.717) is 6.42 Å². The summed E-state index contributed by atoms with van der Waals surface area (Å²) >= 11 is 0. The van der Waals surface area contributed by atoms with Crippen LogP contribution in [0.2, 0.25) is 0 Å². The van der Waals surface area contributed by atoms with E-state index in [2.05, 4.69) is 6.58 Å². The first-order chi connectivity index (χ1) is 8.12. The number of hydrogen-bond acceptors (Lipinski definition) is 4. The molecule has 98 valence electrons. The van der Waals surface area contributed by atoms with E-state index in [4.69, 9.17) is 9.47 Å². The van der Waals surface area contributed by atoms with Crippen molar-refractivity contribution in [1.29, 1.82) is 0 Å². The summed E-state index contributed by atoms with van der Waals surface area (Å²) in [4.78, 5) is 23.5. The SMILES string of the molecule is C=CC(CCC)C(C(=O)OCC)C(=O)OCC. The van der Waals surface area contributed by atoms with E-state index < -0.39 is 17.9 Å². The van der Waals surface area contributed by atoms with Crippen LogP contribution in [-0.2, 0) is 19.1 Å². The molecule has 4 nitrogen and oxygen atoms in total. The molecule has 0 saturated heterocycles. The van der Waals surface area contributed by atoms with Gasteiger partial charge in [-0.15, -0.1) is 6.58 Å². The van der Waals surface area contributed by atoms with Gasteiger partial charge in [-0.2, -0.15) is 0 Å². The first kappa shape index (κ1) is 15.7. The summed E-state index contributed by atoms with van der Waals surface area (Å²) in [5, 5.41) is 0. The molecule has 0 radical (unpaired) electrons. The van der Waals surface area contributed by atoms with Crippen molar-refractivity contribution in [3.05, 3.63) is 12.7 Å².